The van der Waals surface area contributed by atoms with Gasteiger partial charge in [0.1, 0.15) is 17.6 Å². The zero-order chi connectivity index (χ0) is 19.6. The highest BCUT2D eigenvalue weighted by Gasteiger charge is 2.31. The molecule has 6 nitrogen and oxygen atoms in total. The molecule has 0 spiro atoms. The summed E-state index contributed by atoms with van der Waals surface area (Å²) >= 11 is 0. The number of ketones is 2. The molecular weight excluding hydrogens is 336 g/mol. The van der Waals surface area contributed by atoms with E-state index in [0.29, 0.717) is 0 Å². The third-order valence-electron chi connectivity index (χ3n) is 4.00. The first-order valence-electron chi connectivity index (χ1n) is 8.32. The molecular formula is C20H22O6. The summed E-state index contributed by atoms with van der Waals surface area (Å²) < 4.78 is 5.47. The summed E-state index contributed by atoms with van der Waals surface area (Å²) in [4.78, 5) is 36.2. The van der Waals surface area contributed by atoms with Crippen LogP contribution in [0.5, 0.6) is 11.5 Å². The SMILES string of the molecule is CC(C)=CC[C@H](OC(=O)C(C)C)c1cc(O)c2c(c1O)C(=O)C=CC2=O. The number of esters is 1. The predicted molar refractivity (Wildman–Crippen MR) is 95.3 cm³/mol. The van der Waals surface area contributed by atoms with E-state index in [1.807, 2.05) is 19.9 Å². The number of phenols is 2. The largest absolute Gasteiger partial charge is 0.507 e. The van der Waals surface area contributed by atoms with Crippen LogP contribution < -0.4 is 0 Å². The Kier molecular flexibility index (Phi) is 5.65. The quantitative estimate of drug-likeness (QED) is 0.473. The van der Waals surface area contributed by atoms with Gasteiger partial charge in [0, 0.05) is 12.0 Å². The van der Waals surface area contributed by atoms with Gasteiger partial charge in [0.25, 0.3) is 0 Å². The Balaban J connectivity index is 2.58. The fraction of sp³-hybridized carbons (Fsp3) is 0.350. The van der Waals surface area contributed by atoms with Crippen molar-refractivity contribution in [1.82, 2.24) is 0 Å². The van der Waals surface area contributed by atoms with Crippen LogP contribution in [0.2, 0.25) is 0 Å². The second-order valence-corrected chi connectivity index (χ2v) is 6.74. The van der Waals surface area contributed by atoms with Gasteiger partial charge in [-0.1, -0.05) is 25.5 Å². The lowest BCUT2D eigenvalue weighted by Gasteiger charge is -2.22. The molecule has 0 heterocycles. The van der Waals surface area contributed by atoms with Crippen molar-refractivity contribution in [1.29, 1.82) is 0 Å². The molecule has 2 N–H and O–H groups in total. The molecule has 0 aromatic heterocycles. The molecule has 2 rings (SSSR count). The fourth-order valence-electron chi connectivity index (χ4n) is 2.59. The van der Waals surface area contributed by atoms with Gasteiger partial charge >= 0.3 is 5.97 Å². The maximum Gasteiger partial charge on any atom is 0.308 e. The van der Waals surface area contributed by atoms with Gasteiger partial charge in [-0.2, -0.15) is 0 Å². The van der Waals surface area contributed by atoms with Gasteiger partial charge in [-0.3, -0.25) is 14.4 Å². The van der Waals surface area contributed by atoms with Crippen molar-refractivity contribution in [3.8, 4) is 11.5 Å². The summed E-state index contributed by atoms with van der Waals surface area (Å²) in [6.45, 7) is 7.10. The lowest BCUT2D eigenvalue weighted by molar-refractivity contribution is -0.153. The highest BCUT2D eigenvalue weighted by atomic mass is 16.5. The van der Waals surface area contributed by atoms with E-state index in [1.54, 1.807) is 13.8 Å². The Morgan fingerprint density at radius 2 is 1.69 bits per heavy atom. The average Bonchev–Trinajstić information content (AvgIpc) is 2.56. The minimum Gasteiger partial charge on any atom is -0.507 e. The van der Waals surface area contributed by atoms with E-state index < -0.39 is 35.1 Å². The first-order chi connectivity index (χ1) is 12.1. The normalized spacial score (nSPS) is 14.2. The van der Waals surface area contributed by atoms with Crippen LogP contribution in [0.25, 0.3) is 0 Å². The van der Waals surface area contributed by atoms with Gasteiger partial charge in [0.05, 0.1) is 17.0 Å². The zero-order valence-corrected chi connectivity index (χ0v) is 15.2. The smallest absolute Gasteiger partial charge is 0.308 e. The third kappa shape index (κ3) is 3.85. The maximum atomic E-state index is 12.1. The number of ether oxygens (including phenoxy) is 1. The van der Waals surface area contributed by atoms with Crippen LogP contribution in [0.3, 0.4) is 0 Å². The molecule has 138 valence electrons. The Labute approximate surface area is 151 Å². The van der Waals surface area contributed by atoms with Crippen LogP contribution in [-0.2, 0) is 9.53 Å². The first-order valence-corrected chi connectivity index (χ1v) is 8.32. The van der Waals surface area contributed by atoms with Gasteiger partial charge < -0.3 is 14.9 Å². The molecule has 6 heteroatoms. The molecule has 1 aromatic carbocycles. The Hall–Kier alpha value is -2.89. The van der Waals surface area contributed by atoms with E-state index in [0.717, 1.165) is 17.7 Å². The van der Waals surface area contributed by atoms with Gasteiger partial charge in [0.15, 0.2) is 11.6 Å². The molecule has 1 atom stereocenters. The molecule has 1 aliphatic carbocycles. The Morgan fingerprint density at radius 3 is 2.23 bits per heavy atom. The van der Waals surface area contributed by atoms with Crippen molar-refractivity contribution >= 4 is 17.5 Å². The molecule has 0 aliphatic heterocycles. The van der Waals surface area contributed by atoms with Crippen LogP contribution >= 0.6 is 0 Å². The van der Waals surface area contributed by atoms with Gasteiger partial charge in [-0.05, 0) is 32.1 Å². The van der Waals surface area contributed by atoms with Gasteiger partial charge in [-0.25, -0.2) is 0 Å². The fourth-order valence-corrected chi connectivity index (χ4v) is 2.59. The van der Waals surface area contributed by atoms with Crippen LogP contribution in [-0.4, -0.2) is 27.7 Å². The van der Waals surface area contributed by atoms with E-state index in [-0.39, 0.29) is 29.0 Å². The van der Waals surface area contributed by atoms with Crippen molar-refractivity contribution in [2.45, 2.75) is 40.2 Å². The lowest BCUT2D eigenvalue weighted by atomic mass is 9.89. The molecule has 0 bridgehead atoms. The Bertz CT molecular complexity index is 825. The molecule has 26 heavy (non-hydrogen) atoms. The van der Waals surface area contributed by atoms with Crippen LogP contribution in [0, 0.1) is 5.92 Å². The van der Waals surface area contributed by atoms with Gasteiger partial charge in [-0.15, -0.1) is 0 Å². The summed E-state index contributed by atoms with van der Waals surface area (Å²) in [5.74, 6) is -2.91. The molecule has 0 amide bonds. The number of aromatic hydroxyl groups is 2. The van der Waals surface area contributed by atoms with Gasteiger partial charge in [0.2, 0.25) is 0 Å². The predicted octanol–water partition coefficient (Wildman–Crippen LogP) is 3.63. The van der Waals surface area contributed by atoms with Crippen LogP contribution in [0.15, 0.2) is 29.9 Å². The second-order valence-electron chi connectivity index (χ2n) is 6.74. The summed E-state index contributed by atoms with van der Waals surface area (Å²) in [7, 11) is 0. The number of carbonyl (C=O) groups excluding carboxylic acids is 3. The molecule has 0 fully saturated rings. The van der Waals surface area contributed by atoms with Crippen LogP contribution in [0.1, 0.15) is 66.5 Å². The molecule has 1 aromatic rings. The minimum atomic E-state index is -0.898. The summed E-state index contributed by atoms with van der Waals surface area (Å²) in [5, 5.41) is 20.8. The van der Waals surface area contributed by atoms with Crippen molar-refractivity contribution in [3.05, 3.63) is 46.6 Å². The molecule has 0 radical (unpaired) electrons. The third-order valence-corrected chi connectivity index (χ3v) is 4.00. The second kappa shape index (κ2) is 7.56. The number of hydrogen-bond acceptors (Lipinski definition) is 6. The number of rotatable bonds is 5. The standard InChI is InChI=1S/C20H22O6/c1-10(2)5-8-16(26-20(25)11(3)4)12-9-15(23)17-13(21)6-7-14(22)18(17)19(12)24/h5-7,9,11,16,23-24H,8H2,1-4H3/t16-/m0/s1. The van der Waals surface area contributed by atoms with E-state index in [4.69, 9.17) is 4.74 Å². The van der Waals surface area contributed by atoms with E-state index in [9.17, 15) is 24.6 Å². The minimum absolute atomic E-state index is 0.0872. The average molecular weight is 358 g/mol. The summed E-state index contributed by atoms with van der Waals surface area (Å²) in [6.07, 6.45) is 3.26. The van der Waals surface area contributed by atoms with E-state index in [2.05, 4.69) is 0 Å². The van der Waals surface area contributed by atoms with Crippen molar-refractivity contribution in [3.63, 3.8) is 0 Å². The topological polar surface area (TPSA) is 101 Å². The van der Waals surface area contributed by atoms with E-state index in [1.165, 1.54) is 6.07 Å². The number of hydrogen-bond donors (Lipinski definition) is 2. The van der Waals surface area contributed by atoms with Crippen molar-refractivity contribution in [2.24, 2.45) is 5.92 Å². The molecule has 1 aliphatic rings. The lowest BCUT2D eigenvalue weighted by Crippen LogP contribution is -2.18. The number of carbonyl (C=O) groups is 3. The van der Waals surface area contributed by atoms with Crippen molar-refractivity contribution in [2.75, 3.05) is 0 Å². The van der Waals surface area contributed by atoms with E-state index >= 15 is 0 Å². The number of phenolic OH excluding ortho intramolecular Hbond substituents is 2. The number of allylic oxidation sites excluding steroid dienone is 3. The highest BCUT2D eigenvalue weighted by Crippen LogP contribution is 2.41. The Morgan fingerprint density at radius 1 is 1.12 bits per heavy atom. The molecule has 0 unspecified atom stereocenters. The number of fused-ring (bicyclic) bond motifs is 1. The van der Waals surface area contributed by atoms with Crippen molar-refractivity contribution < 1.29 is 29.3 Å². The summed E-state index contributed by atoms with van der Waals surface area (Å²) in [5.41, 5.74) is 0.556. The van der Waals surface area contributed by atoms with Crippen LogP contribution in [0.4, 0.5) is 0 Å². The zero-order valence-electron chi connectivity index (χ0n) is 15.2. The number of benzene rings is 1. The molecule has 0 saturated heterocycles. The maximum absolute atomic E-state index is 12.1. The molecule has 0 saturated carbocycles. The highest BCUT2D eigenvalue weighted by molar-refractivity contribution is 6.24. The summed E-state index contributed by atoms with van der Waals surface area (Å²) in [6, 6.07) is 1.18. The monoisotopic (exact) mass is 358 g/mol. The first kappa shape index (κ1) is 19.4.